The summed E-state index contributed by atoms with van der Waals surface area (Å²) in [6.45, 7) is 1.36. The molecule has 0 saturated carbocycles. The highest BCUT2D eigenvalue weighted by Crippen LogP contribution is 2.25. The van der Waals surface area contributed by atoms with Gasteiger partial charge in [0.05, 0.1) is 7.11 Å². The molecule has 2 aliphatic rings. The number of ether oxygens (including phenoxy) is 1. The number of anilines is 1. The van der Waals surface area contributed by atoms with Gasteiger partial charge >= 0.3 is 6.03 Å². The molecule has 1 saturated heterocycles. The number of amides is 4. The molecule has 3 aromatic rings. The molecule has 1 aliphatic heterocycles. The Morgan fingerprint density at radius 2 is 1.66 bits per heavy atom. The Morgan fingerprint density at radius 3 is 2.44 bits per heavy atom. The number of hydrogen-bond acceptors (Lipinski definition) is 4. The number of rotatable bonds is 9. The quantitative estimate of drug-likeness (QED) is 0.363. The van der Waals surface area contributed by atoms with E-state index < -0.39 is 12.1 Å². The van der Waals surface area contributed by atoms with Gasteiger partial charge in [-0.3, -0.25) is 9.59 Å². The van der Waals surface area contributed by atoms with Crippen LogP contribution in [0.2, 0.25) is 0 Å². The lowest BCUT2D eigenvalue weighted by Crippen LogP contribution is -2.53. The zero-order chi connectivity index (χ0) is 28.6. The molecule has 41 heavy (non-hydrogen) atoms. The minimum Gasteiger partial charge on any atom is -0.497 e. The minimum atomic E-state index is -0.717. The molecule has 1 aliphatic carbocycles. The molecule has 8 nitrogen and oxygen atoms in total. The van der Waals surface area contributed by atoms with Gasteiger partial charge in [-0.05, 0) is 78.6 Å². The van der Waals surface area contributed by atoms with E-state index in [0.29, 0.717) is 38.9 Å². The zero-order valence-corrected chi connectivity index (χ0v) is 23.5. The van der Waals surface area contributed by atoms with Crippen molar-refractivity contribution in [2.75, 3.05) is 25.5 Å². The van der Waals surface area contributed by atoms with Crippen molar-refractivity contribution in [1.29, 1.82) is 0 Å². The fourth-order valence-corrected chi connectivity index (χ4v) is 5.72. The zero-order valence-electron chi connectivity index (χ0n) is 23.5. The Labute approximate surface area is 241 Å². The number of nitrogens with one attached hydrogen (secondary N) is 3. The maximum absolute atomic E-state index is 13.7. The van der Waals surface area contributed by atoms with E-state index in [9.17, 15) is 14.4 Å². The molecule has 8 heteroatoms. The Kier molecular flexibility index (Phi) is 9.19. The Balaban J connectivity index is 1.17. The van der Waals surface area contributed by atoms with Crippen LogP contribution in [0.25, 0.3) is 0 Å². The van der Waals surface area contributed by atoms with E-state index in [1.807, 2.05) is 66.7 Å². The molecule has 0 aromatic heterocycles. The standard InChI is InChI=1S/C33H38N4O4/c1-41-29-12-5-9-24(19-29)22-34-31(38)26-15-17-37(18-16-26)32(39)30(20-23-7-3-2-4-8-23)36-33(40)35-28-14-13-25-10-6-11-27(25)21-28/h2-5,7-9,12-14,19,21,26,30H,6,10-11,15-18,20,22H2,1H3,(H,34,38)(H2,35,36,40)/t30-/m0/s1. The Bertz CT molecular complexity index is 1370. The number of fused-ring (bicyclic) bond motifs is 1. The highest BCUT2D eigenvalue weighted by Gasteiger charge is 2.32. The molecular formula is C33H38N4O4. The first kappa shape index (κ1) is 28.2. The Morgan fingerprint density at radius 1 is 0.902 bits per heavy atom. The number of carbonyl (C=O) groups is 3. The number of methoxy groups -OCH3 is 1. The molecule has 0 bridgehead atoms. The molecule has 3 aromatic carbocycles. The third-order valence-corrected chi connectivity index (χ3v) is 8.02. The van der Waals surface area contributed by atoms with Gasteiger partial charge in [0.25, 0.3) is 0 Å². The number of nitrogens with zero attached hydrogens (tertiary/aromatic N) is 1. The largest absolute Gasteiger partial charge is 0.497 e. The molecule has 0 spiro atoms. The molecule has 1 atom stereocenters. The average Bonchev–Trinajstić information content (AvgIpc) is 3.48. The van der Waals surface area contributed by atoms with E-state index in [1.54, 1.807) is 12.0 Å². The molecule has 4 amide bonds. The van der Waals surface area contributed by atoms with Crippen LogP contribution < -0.4 is 20.7 Å². The smallest absolute Gasteiger partial charge is 0.319 e. The summed E-state index contributed by atoms with van der Waals surface area (Å²) in [4.78, 5) is 41.3. The van der Waals surface area contributed by atoms with Crippen LogP contribution in [0.4, 0.5) is 10.5 Å². The van der Waals surface area contributed by atoms with Gasteiger partial charge in [-0.25, -0.2) is 4.79 Å². The van der Waals surface area contributed by atoms with Gasteiger partial charge in [0, 0.05) is 37.7 Å². The van der Waals surface area contributed by atoms with Crippen LogP contribution in [0, 0.1) is 5.92 Å². The molecule has 5 rings (SSSR count). The lowest BCUT2D eigenvalue weighted by Gasteiger charge is -2.34. The molecule has 0 radical (unpaired) electrons. The SMILES string of the molecule is COc1cccc(CNC(=O)C2CCN(C(=O)[C@H](Cc3ccccc3)NC(=O)Nc3ccc4c(c3)CCC4)CC2)c1. The number of likely N-dealkylation sites (tertiary alicyclic amines) is 1. The lowest BCUT2D eigenvalue weighted by atomic mass is 9.94. The van der Waals surface area contributed by atoms with Crippen molar-refractivity contribution in [3.63, 3.8) is 0 Å². The van der Waals surface area contributed by atoms with Crippen molar-refractivity contribution in [2.24, 2.45) is 5.92 Å². The first-order chi connectivity index (χ1) is 20.0. The number of carbonyl (C=O) groups excluding carboxylic acids is 3. The van der Waals surface area contributed by atoms with Gasteiger partial charge in [-0.2, -0.15) is 0 Å². The van der Waals surface area contributed by atoms with Crippen LogP contribution >= 0.6 is 0 Å². The van der Waals surface area contributed by atoms with E-state index >= 15 is 0 Å². The predicted molar refractivity (Wildman–Crippen MR) is 159 cm³/mol. The van der Waals surface area contributed by atoms with Gasteiger partial charge in [0.15, 0.2) is 0 Å². The van der Waals surface area contributed by atoms with Crippen LogP contribution in [0.5, 0.6) is 5.75 Å². The molecule has 214 valence electrons. The number of aryl methyl sites for hydroxylation is 2. The van der Waals surface area contributed by atoms with Crippen molar-refractivity contribution in [1.82, 2.24) is 15.5 Å². The van der Waals surface area contributed by atoms with Crippen LogP contribution in [0.3, 0.4) is 0 Å². The van der Waals surface area contributed by atoms with Gasteiger partial charge < -0.3 is 25.6 Å². The molecule has 1 fully saturated rings. The normalized spacial score (nSPS) is 15.5. The van der Waals surface area contributed by atoms with Crippen molar-refractivity contribution >= 4 is 23.5 Å². The molecule has 1 heterocycles. The van der Waals surface area contributed by atoms with Crippen molar-refractivity contribution in [3.8, 4) is 5.75 Å². The summed E-state index contributed by atoms with van der Waals surface area (Å²) in [5.41, 5.74) is 5.28. The monoisotopic (exact) mass is 554 g/mol. The third kappa shape index (κ3) is 7.45. The predicted octanol–water partition coefficient (Wildman–Crippen LogP) is 4.47. The van der Waals surface area contributed by atoms with Crippen molar-refractivity contribution in [2.45, 2.75) is 51.1 Å². The first-order valence-electron chi connectivity index (χ1n) is 14.4. The number of benzene rings is 3. The maximum atomic E-state index is 13.7. The topological polar surface area (TPSA) is 99.8 Å². The molecule has 0 unspecified atom stereocenters. The van der Waals surface area contributed by atoms with Crippen LogP contribution in [-0.2, 0) is 35.4 Å². The van der Waals surface area contributed by atoms with Crippen molar-refractivity contribution < 1.29 is 19.1 Å². The van der Waals surface area contributed by atoms with E-state index in [0.717, 1.165) is 41.8 Å². The summed E-state index contributed by atoms with van der Waals surface area (Å²) in [6, 6.07) is 22.2. The van der Waals surface area contributed by atoms with Crippen molar-refractivity contribution in [3.05, 3.63) is 95.1 Å². The molecular weight excluding hydrogens is 516 g/mol. The van der Waals surface area contributed by atoms with Gasteiger partial charge in [0.1, 0.15) is 11.8 Å². The fourth-order valence-electron chi connectivity index (χ4n) is 5.72. The molecule has 3 N–H and O–H groups in total. The number of piperidine rings is 1. The summed E-state index contributed by atoms with van der Waals surface area (Å²) >= 11 is 0. The van der Waals surface area contributed by atoms with Crippen LogP contribution in [-0.4, -0.2) is 49.0 Å². The highest BCUT2D eigenvalue weighted by atomic mass is 16.5. The second-order valence-electron chi connectivity index (χ2n) is 10.8. The van der Waals surface area contributed by atoms with Crippen LogP contribution in [0.1, 0.15) is 41.5 Å². The lowest BCUT2D eigenvalue weighted by molar-refractivity contribution is -0.137. The summed E-state index contributed by atoms with van der Waals surface area (Å²) in [5.74, 6) is 0.456. The van der Waals surface area contributed by atoms with E-state index in [1.165, 1.54) is 11.1 Å². The first-order valence-corrected chi connectivity index (χ1v) is 14.4. The van der Waals surface area contributed by atoms with E-state index in [2.05, 4.69) is 22.0 Å². The van der Waals surface area contributed by atoms with E-state index in [4.69, 9.17) is 4.74 Å². The minimum absolute atomic E-state index is 0.00685. The summed E-state index contributed by atoms with van der Waals surface area (Å²) in [7, 11) is 1.62. The summed E-state index contributed by atoms with van der Waals surface area (Å²) in [6.07, 6.45) is 4.79. The third-order valence-electron chi connectivity index (χ3n) is 8.02. The van der Waals surface area contributed by atoms with Gasteiger partial charge in [0.2, 0.25) is 11.8 Å². The maximum Gasteiger partial charge on any atom is 0.319 e. The summed E-state index contributed by atoms with van der Waals surface area (Å²) in [5, 5.41) is 8.87. The number of urea groups is 1. The second-order valence-corrected chi connectivity index (χ2v) is 10.8. The van der Waals surface area contributed by atoms with Gasteiger partial charge in [-0.15, -0.1) is 0 Å². The summed E-state index contributed by atoms with van der Waals surface area (Å²) < 4.78 is 5.26. The second kappa shape index (κ2) is 13.4. The van der Waals surface area contributed by atoms with Crippen LogP contribution in [0.15, 0.2) is 72.8 Å². The highest BCUT2D eigenvalue weighted by molar-refractivity contribution is 5.94. The number of hydrogen-bond donors (Lipinski definition) is 3. The van der Waals surface area contributed by atoms with E-state index in [-0.39, 0.29) is 17.7 Å². The Hall–Kier alpha value is -4.33. The average molecular weight is 555 g/mol. The van der Waals surface area contributed by atoms with Gasteiger partial charge in [-0.1, -0.05) is 48.5 Å². The fraction of sp³-hybridized carbons (Fsp3) is 0.364.